The van der Waals surface area contributed by atoms with Crippen molar-refractivity contribution in [2.75, 3.05) is 51.3 Å². The molecule has 5 rings (SSSR count). The van der Waals surface area contributed by atoms with E-state index in [4.69, 9.17) is 9.47 Å². The zero-order valence-electron chi connectivity index (χ0n) is 24.3. The highest BCUT2D eigenvalue weighted by Crippen LogP contribution is 2.48. The van der Waals surface area contributed by atoms with Crippen LogP contribution < -0.4 is 5.32 Å². The van der Waals surface area contributed by atoms with E-state index in [1.165, 1.54) is 12.3 Å². The molecule has 3 heterocycles. The molecule has 2 aromatic rings. The number of nitrogens with one attached hydrogen (secondary N) is 1. The molecule has 14 heteroatoms. The van der Waals surface area contributed by atoms with Crippen molar-refractivity contribution in [3.63, 3.8) is 0 Å². The quantitative estimate of drug-likeness (QED) is 0.198. The summed E-state index contributed by atoms with van der Waals surface area (Å²) in [5, 5.41) is 3.33. The molecule has 0 aromatic heterocycles. The minimum atomic E-state index is -5.44. The number of allylic oxidation sites excluding steroid dienone is 1. The summed E-state index contributed by atoms with van der Waals surface area (Å²) in [6.07, 6.45) is -6.19. The fourth-order valence-corrected chi connectivity index (χ4v) is 6.71. The summed E-state index contributed by atoms with van der Waals surface area (Å²) >= 11 is 0.544. The van der Waals surface area contributed by atoms with Gasteiger partial charge in [0.2, 0.25) is 0 Å². The molecule has 3 saturated heterocycles. The Hall–Kier alpha value is -3.23. The van der Waals surface area contributed by atoms with Gasteiger partial charge in [-0.25, -0.2) is 0 Å². The average Bonchev–Trinajstić information content (AvgIpc) is 3.55. The molecule has 1 atom stereocenters. The summed E-state index contributed by atoms with van der Waals surface area (Å²) in [5.41, 5.74) is -4.38. The molecular weight excluding hydrogens is 624 g/mol. The van der Waals surface area contributed by atoms with Gasteiger partial charge in [0, 0.05) is 72.1 Å². The fourth-order valence-electron chi connectivity index (χ4n) is 5.67. The third-order valence-corrected chi connectivity index (χ3v) is 8.98. The Labute approximate surface area is 260 Å². The number of nitrogens with zero attached hydrogens (tertiary/aromatic N) is 2. The van der Waals surface area contributed by atoms with Crippen LogP contribution in [0.1, 0.15) is 47.2 Å². The van der Waals surface area contributed by atoms with Crippen molar-refractivity contribution in [3.8, 4) is 0 Å². The van der Waals surface area contributed by atoms with Crippen molar-refractivity contribution in [3.05, 3.63) is 65.4 Å². The van der Waals surface area contributed by atoms with E-state index in [1.807, 2.05) is 0 Å². The molecule has 1 amide bonds. The van der Waals surface area contributed by atoms with Gasteiger partial charge in [-0.3, -0.25) is 9.59 Å². The van der Waals surface area contributed by atoms with E-state index in [0.717, 1.165) is 24.6 Å². The van der Waals surface area contributed by atoms with Crippen LogP contribution >= 0.6 is 11.8 Å². The van der Waals surface area contributed by atoms with Crippen molar-refractivity contribution in [1.29, 1.82) is 0 Å². The van der Waals surface area contributed by atoms with Gasteiger partial charge in [0.05, 0.1) is 24.3 Å². The van der Waals surface area contributed by atoms with Crippen molar-refractivity contribution in [1.82, 2.24) is 9.80 Å². The van der Waals surface area contributed by atoms with Crippen LogP contribution in [0.5, 0.6) is 0 Å². The Kier molecular flexibility index (Phi) is 10.3. The maximum atomic E-state index is 14.3. The lowest BCUT2D eigenvalue weighted by atomic mass is 9.96. The van der Waals surface area contributed by atoms with Crippen molar-refractivity contribution in [2.24, 2.45) is 0 Å². The van der Waals surface area contributed by atoms with Gasteiger partial charge in [-0.05, 0) is 56.0 Å². The van der Waals surface area contributed by atoms with Gasteiger partial charge in [0.15, 0.2) is 5.78 Å². The van der Waals surface area contributed by atoms with Gasteiger partial charge in [-0.2, -0.15) is 26.3 Å². The van der Waals surface area contributed by atoms with Gasteiger partial charge in [0.25, 0.3) is 5.91 Å². The van der Waals surface area contributed by atoms with E-state index in [-0.39, 0.29) is 22.9 Å². The smallest absolute Gasteiger partial charge is 0.382 e. The number of anilines is 1. The topological polar surface area (TPSA) is 71.1 Å². The second kappa shape index (κ2) is 14.0. The number of morpholine rings is 1. The summed E-state index contributed by atoms with van der Waals surface area (Å²) in [7, 11) is 0. The van der Waals surface area contributed by atoms with Crippen molar-refractivity contribution < 1.29 is 45.4 Å². The maximum Gasteiger partial charge on any atom is 0.418 e. The van der Waals surface area contributed by atoms with Gasteiger partial charge >= 0.3 is 12.4 Å². The van der Waals surface area contributed by atoms with E-state index in [1.54, 1.807) is 28.0 Å². The highest BCUT2D eigenvalue weighted by molar-refractivity contribution is 7.99. The first kappa shape index (κ1) is 33.1. The Morgan fingerprint density at radius 2 is 1.60 bits per heavy atom. The number of halogens is 6. The van der Waals surface area contributed by atoms with Gasteiger partial charge in [-0.15, -0.1) is 0 Å². The second-order valence-corrected chi connectivity index (χ2v) is 12.2. The summed E-state index contributed by atoms with van der Waals surface area (Å²) in [6, 6.07) is 8.13. The highest BCUT2D eigenvalue weighted by Gasteiger charge is 2.47. The molecule has 45 heavy (non-hydrogen) atoms. The SMILES string of the molecule is O=C(C=CN1CCOCC1)c1ccc(Sc2cccc(NC3CCN(C(=O)C4CCCO4)CC3)c2)c(C(F)(F)F)c1C(F)(F)F. The second-order valence-electron chi connectivity index (χ2n) is 11.1. The Morgan fingerprint density at radius 3 is 2.24 bits per heavy atom. The van der Waals surface area contributed by atoms with Crippen LogP contribution in [-0.4, -0.2) is 79.6 Å². The maximum absolute atomic E-state index is 14.3. The molecule has 0 aliphatic carbocycles. The lowest BCUT2D eigenvalue weighted by molar-refractivity contribution is -0.163. The lowest BCUT2D eigenvalue weighted by Gasteiger charge is -2.34. The molecule has 0 radical (unpaired) electrons. The summed E-state index contributed by atoms with van der Waals surface area (Å²) in [6.45, 7) is 3.19. The first-order chi connectivity index (χ1) is 21.4. The van der Waals surface area contributed by atoms with Crippen LogP contribution in [0.15, 0.2) is 58.5 Å². The zero-order chi connectivity index (χ0) is 32.2. The van der Waals surface area contributed by atoms with Gasteiger partial charge in [0.1, 0.15) is 6.10 Å². The molecule has 2 aromatic carbocycles. The number of hydrogen-bond donors (Lipinski definition) is 1. The zero-order valence-corrected chi connectivity index (χ0v) is 25.1. The van der Waals surface area contributed by atoms with Crippen molar-refractivity contribution >= 4 is 29.1 Å². The van der Waals surface area contributed by atoms with Crippen LogP contribution in [0, 0.1) is 0 Å². The molecule has 3 fully saturated rings. The van der Waals surface area contributed by atoms with Crippen LogP contribution in [0.25, 0.3) is 0 Å². The Bertz CT molecular complexity index is 1400. The van der Waals surface area contributed by atoms with E-state index >= 15 is 0 Å². The first-order valence-electron chi connectivity index (χ1n) is 14.7. The number of ketones is 1. The monoisotopic (exact) mass is 657 g/mol. The summed E-state index contributed by atoms with van der Waals surface area (Å²) in [5.74, 6) is -1.19. The number of benzene rings is 2. The normalized spacial score (nSPS) is 20.2. The lowest BCUT2D eigenvalue weighted by Crippen LogP contribution is -2.46. The summed E-state index contributed by atoms with van der Waals surface area (Å²) < 4.78 is 96.4. The minimum absolute atomic E-state index is 0.00261. The molecule has 7 nitrogen and oxygen atoms in total. The average molecular weight is 658 g/mol. The molecule has 1 N–H and O–H groups in total. The number of ether oxygens (including phenoxy) is 2. The number of carbonyl (C=O) groups excluding carboxylic acids is 2. The van der Waals surface area contributed by atoms with E-state index in [9.17, 15) is 35.9 Å². The van der Waals surface area contributed by atoms with Crippen LogP contribution in [0.3, 0.4) is 0 Å². The van der Waals surface area contributed by atoms with E-state index in [0.29, 0.717) is 82.7 Å². The largest absolute Gasteiger partial charge is 0.418 e. The number of carbonyl (C=O) groups is 2. The highest BCUT2D eigenvalue weighted by atomic mass is 32.2. The standard InChI is InChI=1S/C31H33F6N3O4S/c32-30(33,34)27-23(24(41)10-11-39-14-17-43-18-15-39)6-7-26(28(27)31(35,36)37)45-22-4-1-3-21(19-22)38-20-8-12-40(13-9-20)29(42)25-5-2-16-44-25/h1,3-4,6-7,10-11,19-20,25,38H,2,5,8-9,12-18H2. The molecule has 1 unspecified atom stereocenters. The van der Waals surface area contributed by atoms with E-state index in [2.05, 4.69) is 5.32 Å². The Balaban J connectivity index is 1.33. The summed E-state index contributed by atoms with van der Waals surface area (Å²) in [4.78, 5) is 28.5. The van der Waals surface area contributed by atoms with Gasteiger partial charge < -0.3 is 24.6 Å². The number of amides is 1. The predicted octanol–water partition coefficient (Wildman–Crippen LogP) is 6.49. The molecule has 244 valence electrons. The molecule has 0 bridgehead atoms. The van der Waals surface area contributed by atoms with Crippen molar-refractivity contribution in [2.45, 2.75) is 60.0 Å². The van der Waals surface area contributed by atoms with Gasteiger partial charge in [-0.1, -0.05) is 17.8 Å². The number of piperidine rings is 1. The van der Waals surface area contributed by atoms with Crippen LogP contribution in [0.2, 0.25) is 0 Å². The molecule has 0 spiro atoms. The number of alkyl halides is 6. The number of hydrogen-bond acceptors (Lipinski definition) is 7. The Morgan fingerprint density at radius 1 is 0.889 bits per heavy atom. The van der Waals surface area contributed by atoms with Crippen LogP contribution in [-0.2, 0) is 26.6 Å². The predicted molar refractivity (Wildman–Crippen MR) is 155 cm³/mol. The molecule has 0 saturated carbocycles. The molecule has 3 aliphatic heterocycles. The number of likely N-dealkylation sites (tertiary alicyclic amines) is 1. The third kappa shape index (κ3) is 8.33. The number of rotatable bonds is 8. The van der Waals surface area contributed by atoms with E-state index < -0.39 is 39.7 Å². The minimum Gasteiger partial charge on any atom is -0.382 e. The fraction of sp³-hybridized carbons (Fsp3) is 0.484. The molecule has 3 aliphatic rings. The third-order valence-electron chi connectivity index (χ3n) is 7.93. The molecular formula is C31H33F6N3O4S. The van der Waals surface area contributed by atoms with Crippen LogP contribution in [0.4, 0.5) is 32.0 Å². The first-order valence-corrected chi connectivity index (χ1v) is 15.5.